The predicted molar refractivity (Wildman–Crippen MR) is 128 cm³/mol. The highest BCUT2D eigenvalue weighted by atomic mass is 35.5. The monoisotopic (exact) mass is 496 g/mol. The summed E-state index contributed by atoms with van der Waals surface area (Å²) in [7, 11) is -3.73. The van der Waals surface area contributed by atoms with Crippen molar-refractivity contribution in [1.29, 1.82) is 0 Å². The SMILES string of the molecule is CC1CCN(Cc2csc(NC(=O)c3ccc(Cl)c(S(=O)(=O)N4CCCCC4)c3)n2)CC1. The summed E-state index contributed by atoms with van der Waals surface area (Å²) in [4.78, 5) is 19.7. The highest BCUT2D eigenvalue weighted by Crippen LogP contribution is 2.28. The van der Waals surface area contributed by atoms with E-state index in [2.05, 4.69) is 22.1 Å². The van der Waals surface area contributed by atoms with Crippen molar-refractivity contribution in [2.75, 3.05) is 31.5 Å². The maximum absolute atomic E-state index is 13.0. The molecular formula is C22H29ClN4O3S2. The highest BCUT2D eigenvalue weighted by Gasteiger charge is 2.29. The van der Waals surface area contributed by atoms with Crippen molar-refractivity contribution in [3.63, 3.8) is 0 Å². The summed E-state index contributed by atoms with van der Waals surface area (Å²) in [5, 5.41) is 5.39. The number of nitrogens with zero attached hydrogens (tertiary/aromatic N) is 3. The molecule has 1 aromatic carbocycles. The number of likely N-dealkylation sites (tertiary alicyclic amines) is 1. The van der Waals surface area contributed by atoms with Crippen molar-refractivity contribution >= 4 is 44.0 Å². The van der Waals surface area contributed by atoms with Gasteiger partial charge in [-0.25, -0.2) is 13.4 Å². The van der Waals surface area contributed by atoms with Crippen LogP contribution in [0.5, 0.6) is 0 Å². The summed E-state index contributed by atoms with van der Waals surface area (Å²) < 4.78 is 27.5. The number of amides is 1. The number of thiazole rings is 1. The largest absolute Gasteiger partial charge is 0.298 e. The topological polar surface area (TPSA) is 82.6 Å². The Kier molecular flexibility index (Phi) is 7.51. The van der Waals surface area contributed by atoms with Crippen molar-refractivity contribution in [3.05, 3.63) is 39.9 Å². The number of benzene rings is 1. The maximum atomic E-state index is 13.0. The number of halogens is 1. The van der Waals surface area contributed by atoms with Crippen LogP contribution in [0, 0.1) is 5.92 Å². The Balaban J connectivity index is 1.44. The van der Waals surface area contributed by atoms with Crippen LogP contribution in [0.4, 0.5) is 5.13 Å². The lowest BCUT2D eigenvalue weighted by molar-refractivity contribution is 0.102. The van der Waals surface area contributed by atoms with E-state index < -0.39 is 15.9 Å². The van der Waals surface area contributed by atoms with Crippen LogP contribution in [0.15, 0.2) is 28.5 Å². The van der Waals surface area contributed by atoms with Gasteiger partial charge >= 0.3 is 0 Å². The summed E-state index contributed by atoms with van der Waals surface area (Å²) in [5.74, 6) is 0.379. The second-order valence-corrected chi connectivity index (χ2v) is 11.8. The molecule has 1 N–H and O–H groups in total. The lowest BCUT2D eigenvalue weighted by atomic mass is 9.99. The molecule has 3 heterocycles. The second kappa shape index (κ2) is 10.2. The number of piperidine rings is 2. The Labute approximate surface area is 198 Å². The van der Waals surface area contributed by atoms with Gasteiger partial charge in [-0.1, -0.05) is 24.9 Å². The fraction of sp³-hybridized carbons (Fsp3) is 0.545. The van der Waals surface area contributed by atoms with Gasteiger partial charge in [0.25, 0.3) is 5.91 Å². The van der Waals surface area contributed by atoms with Gasteiger partial charge in [0.2, 0.25) is 10.0 Å². The van der Waals surface area contributed by atoms with Gasteiger partial charge in [0, 0.05) is 30.6 Å². The first kappa shape index (κ1) is 23.6. The molecule has 0 bridgehead atoms. The Morgan fingerprint density at radius 1 is 1.19 bits per heavy atom. The van der Waals surface area contributed by atoms with E-state index >= 15 is 0 Å². The van der Waals surface area contributed by atoms with Crippen LogP contribution >= 0.6 is 22.9 Å². The van der Waals surface area contributed by atoms with E-state index in [1.807, 2.05) is 5.38 Å². The standard InChI is InChI=1S/C22H29ClN4O3S2/c1-16-7-11-26(12-8-16)14-18-15-31-22(24-18)25-21(28)17-5-6-19(23)20(13-17)32(29,30)27-9-3-2-4-10-27/h5-6,13,15-16H,2-4,7-12,14H2,1H3,(H,24,25,28). The molecule has 2 aliphatic rings. The summed E-state index contributed by atoms with van der Waals surface area (Å²) in [6.45, 7) is 6.16. The minimum Gasteiger partial charge on any atom is -0.298 e. The zero-order valence-corrected chi connectivity index (χ0v) is 20.6. The minimum atomic E-state index is -3.73. The molecule has 1 amide bonds. The molecule has 4 rings (SSSR count). The van der Waals surface area contributed by atoms with E-state index in [-0.39, 0.29) is 15.5 Å². The molecular weight excluding hydrogens is 468 g/mol. The first-order valence-electron chi connectivity index (χ1n) is 11.1. The quantitative estimate of drug-likeness (QED) is 0.638. The zero-order valence-electron chi connectivity index (χ0n) is 18.2. The smallest absolute Gasteiger partial charge is 0.257 e. The molecule has 2 fully saturated rings. The molecule has 2 saturated heterocycles. The van der Waals surface area contributed by atoms with Crippen LogP contribution in [0.25, 0.3) is 0 Å². The molecule has 0 saturated carbocycles. The lowest BCUT2D eigenvalue weighted by Gasteiger charge is -2.29. The highest BCUT2D eigenvalue weighted by molar-refractivity contribution is 7.89. The number of nitrogens with one attached hydrogen (secondary N) is 1. The Morgan fingerprint density at radius 2 is 1.91 bits per heavy atom. The van der Waals surface area contributed by atoms with Crippen LogP contribution in [-0.2, 0) is 16.6 Å². The third-order valence-corrected chi connectivity index (χ3v) is 9.35. The molecule has 0 radical (unpaired) electrons. The van der Waals surface area contributed by atoms with Gasteiger partial charge in [-0.05, 0) is 62.9 Å². The van der Waals surface area contributed by atoms with E-state index in [0.717, 1.165) is 50.5 Å². The van der Waals surface area contributed by atoms with Crippen LogP contribution in [0.2, 0.25) is 5.02 Å². The van der Waals surface area contributed by atoms with Crippen LogP contribution < -0.4 is 5.32 Å². The summed E-state index contributed by atoms with van der Waals surface area (Å²) in [5.41, 5.74) is 1.18. The van der Waals surface area contributed by atoms with E-state index in [4.69, 9.17) is 11.6 Å². The van der Waals surface area contributed by atoms with E-state index in [1.54, 1.807) is 0 Å². The van der Waals surface area contributed by atoms with Gasteiger partial charge in [-0.15, -0.1) is 11.3 Å². The molecule has 7 nitrogen and oxygen atoms in total. The normalized spacial score (nSPS) is 19.2. The molecule has 10 heteroatoms. The molecule has 0 aliphatic carbocycles. The number of rotatable bonds is 6. The summed E-state index contributed by atoms with van der Waals surface area (Å²) >= 11 is 7.59. The fourth-order valence-electron chi connectivity index (χ4n) is 4.14. The van der Waals surface area contributed by atoms with Gasteiger partial charge < -0.3 is 0 Å². The Bertz CT molecular complexity index is 1060. The number of aromatic nitrogens is 1. The first-order valence-corrected chi connectivity index (χ1v) is 13.8. The molecule has 2 aliphatic heterocycles. The van der Waals surface area contributed by atoms with Gasteiger partial charge in [-0.3, -0.25) is 15.0 Å². The molecule has 174 valence electrons. The van der Waals surface area contributed by atoms with E-state index in [1.165, 1.54) is 46.7 Å². The van der Waals surface area contributed by atoms with Crippen LogP contribution in [0.1, 0.15) is 55.1 Å². The third-order valence-electron chi connectivity index (χ3n) is 6.16. The number of sulfonamides is 1. The number of hydrogen-bond donors (Lipinski definition) is 1. The molecule has 0 spiro atoms. The van der Waals surface area contributed by atoms with Crippen molar-refractivity contribution in [3.8, 4) is 0 Å². The van der Waals surface area contributed by atoms with Crippen molar-refractivity contribution in [2.45, 2.75) is 50.5 Å². The third kappa shape index (κ3) is 5.51. The van der Waals surface area contributed by atoms with Gasteiger partial charge in [0.15, 0.2) is 5.13 Å². The zero-order chi connectivity index (χ0) is 22.7. The van der Waals surface area contributed by atoms with Gasteiger partial charge in [0.05, 0.1) is 10.7 Å². The minimum absolute atomic E-state index is 0.0205. The van der Waals surface area contributed by atoms with E-state index in [9.17, 15) is 13.2 Å². The predicted octanol–water partition coefficient (Wildman–Crippen LogP) is 4.46. The molecule has 32 heavy (non-hydrogen) atoms. The van der Waals surface area contributed by atoms with Crippen molar-refractivity contribution in [2.24, 2.45) is 5.92 Å². The average Bonchev–Trinajstić information content (AvgIpc) is 3.22. The van der Waals surface area contributed by atoms with Gasteiger partial charge in [-0.2, -0.15) is 4.31 Å². The van der Waals surface area contributed by atoms with Crippen molar-refractivity contribution in [1.82, 2.24) is 14.2 Å². The lowest BCUT2D eigenvalue weighted by Crippen LogP contribution is -2.35. The van der Waals surface area contributed by atoms with Gasteiger partial charge in [0.1, 0.15) is 4.90 Å². The summed E-state index contributed by atoms with van der Waals surface area (Å²) in [6.07, 6.45) is 5.09. The number of carbonyl (C=O) groups excluding carboxylic acids is 1. The molecule has 1 aromatic heterocycles. The number of anilines is 1. The van der Waals surface area contributed by atoms with E-state index in [0.29, 0.717) is 18.2 Å². The number of hydrogen-bond acceptors (Lipinski definition) is 6. The Morgan fingerprint density at radius 3 is 2.62 bits per heavy atom. The average molecular weight is 497 g/mol. The molecule has 0 atom stereocenters. The second-order valence-electron chi connectivity index (χ2n) is 8.67. The van der Waals surface area contributed by atoms with Crippen LogP contribution in [0.3, 0.4) is 0 Å². The van der Waals surface area contributed by atoms with Crippen molar-refractivity contribution < 1.29 is 13.2 Å². The molecule has 0 unspecified atom stereocenters. The first-order chi connectivity index (χ1) is 15.3. The Hall–Kier alpha value is -1.52. The number of carbonyl (C=O) groups is 1. The summed E-state index contributed by atoms with van der Waals surface area (Å²) in [6, 6.07) is 4.37. The fourth-order valence-corrected chi connectivity index (χ4v) is 6.86. The maximum Gasteiger partial charge on any atom is 0.257 e. The van der Waals surface area contributed by atoms with Crippen LogP contribution in [-0.4, -0.2) is 54.7 Å². The molecule has 2 aromatic rings.